The highest BCUT2D eigenvalue weighted by Crippen LogP contribution is 2.26. The molecule has 1 unspecified atom stereocenters. The standard InChI is InChI=1S/C4H6N2O/c5-4(6-7)3-1-2-3/h1,3H,2H2,(H2-,5,6,7)/p+1. The lowest BCUT2D eigenvalue weighted by molar-refractivity contribution is 0.316. The van der Waals surface area contributed by atoms with Gasteiger partial charge in [-0.3, -0.25) is 0 Å². The SMILES string of the molecule is N/C(=N/O)C1[CH+]C1. The van der Waals surface area contributed by atoms with Gasteiger partial charge in [-0.05, 0) is 0 Å². The molecule has 3 nitrogen and oxygen atoms in total. The Bertz CT molecular complexity index is 95.9. The molecule has 0 aliphatic heterocycles. The molecule has 0 aromatic rings. The Balaban J connectivity index is 2.37. The van der Waals surface area contributed by atoms with Crippen LogP contribution < -0.4 is 5.73 Å². The van der Waals surface area contributed by atoms with Crippen LogP contribution in [0.3, 0.4) is 0 Å². The first kappa shape index (κ1) is 4.30. The maximum absolute atomic E-state index is 7.99. The van der Waals surface area contributed by atoms with Gasteiger partial charge in [0.25, 0.3) is 0 Å². The largest absolute Gasteiger partial charge is 0.409 e. The fourth-order valence-electron chi connectivity index (χ4n) is 0.384. The number of oxime groups is 1. The molecule has 0 bridgehead atoms. The number of hydrogen-bond donors (Lipinski definition) is 2. The second-order valence-corrected chi connectivity index (χ2v) is 1.60. The van der Waals surface area contributed by atoms with Gasteiger partial charge >= 0.3 is 0 Å². The van der Waals surface area contributed by atoms with Crippen molar-refractivity contribution in [2.45, 2.75) is 6.42 Å². The van der Waals surface area contributed by atoms with Gasteiger partial charge in [0.15, 0.2) is 11.8 Å². The fourth-order valence-corrected chi connectivity index (χ4v) is 0.384. The van der Waals surface area contributed by atoms with Crippen molar-refractivity contribution < 1.29 is 5.21 Å². The van der Waals surface area contributed by atoms with Crippen LogP contribution in [0.4, 0.5) is 0 Å². The average Bonchev–Trinajstić information content (AvgIpc) is 2.44. The predicted octanol–water partition coefficient (Wildman–Crippen LogP) is -0.0430. The zero-order chi connectivity index (χ0) is 5.28. The molecule has 0 aromatic heterocycles. The van der Waals surface area contributed by atoms with Crippen LogP contribution in [0.5, 0.6) is 0 Å². The quantitative estimate of drug-likeness (QED) is 0.159. The maximum Gasteiger partial charge on any atom is 0.198 e. The minimum atomic E-state index is 0.269. The number of nitrogens with zero attached hydrogens (tertiary/aromatic N) is 1. The summed E-state index contributed by atoms with van der Waals surface area (Å²) in [4.78, 5) is 0. The van der Waals surface area contributed by atoms with Crippen molar-refractivity contribution in [1.82, 2.24) is 0 Å². The van der Waals surface area contributed by atoms with E-state index in [1.807, 2.05) is 6.42 Å². The summed E-state index contributed by atoms with van der Waals surface area (Å²) in [5, 5.41) is 10.8. The molecule has 1 fully saturated rings. The molecule has 3 heteroatoms. The molecule has 1 aliphatic rings. The van der Waals surface area contributed by atoms with Gasteiger partial charge < -0.3 is 10.9 Å². The van der Waals surface area contributed by atoms with Crippen LogP contribution in [0.15, 0.2) is 5.16 Å². The summed E-state index contributed by atoms with van der Waals surface area (Å²) in [6.07, 6.45) is 2.95. The first-order valence-corrected chi connectivity index (χ1v) is 2.15. The van der Waals surface area contributed by atoms with E-state index in [9.17, 15) is 0 Å². The lowest BCUT2D eigenvalue weighted by atomic mass is 10.4. The van der Waals surface area contributed by atoms with E-state index in [1.165, 1.54) is 0 Å². The van der Waals surface area contributed by atoms with Crippen LogP contribution in [-0.2, 0) is 0 Å². The van der Waals surface area contributed by atoms with Crippen molar-refractivity contribution in [2.75, 3.05) is 0 Å². The van der Waals surface area contributed by atoms with E-state index in [2.05, 4.69) is 5.16 Å². The fraction of sp³-hybridized carbons (Fsp3) is 0.500. The zero-order valence-corrected chi connectivity index (χ0v) is 3.83. The third-order valence-electron chi connectivity index (χ3n) is 0.967. The Morgan fingerprint density at radius 3 is 2.71 bits per heavy atom. The molecule has 3 N–H and O–H groups in total. The Kier molecular flexibility index (Phi) is 0.817. The average molecular weight is 99.1 g/mol. The molecular weight excluding hydrogens is 92.1 g/mol. The Labute approximate surface area is 41.8 Å². The Morgan fingerprint density at radius 2 is 2.57 bits per heavy atom. The summed E-state index contributed by atoms with van der Waals surface area (Å²) in [5.74, 6) is 0.602. The van der Waals surface area contributed by atoms with Crippen LogP contribution in [0.2, 0.25) is 0 Å². The minimum Gasteiger partial charge on any atom is -0.409 e. The van der Waals surface area contributed by atoms with E-state index >= 15 is 0 Å². The third-order valence-corrected chi connectivity index (χ3v) is 0.967. The number of nitrogens with two attached hydrogens (primary N) is 1. The minimum absolute atomic E-state index is 0.269. The molecule has 1 rings (SSSR count). The van der Waals surface area contributed by atoms with Gasteiger partial charge in [-0.1, -0.05) is 5.16 Å². The molecule has 0 amide bonds. The summed E-state index contributed by atoms with van der Waals surface area (Å²) in [6.45, 7) is 0. The first-order valence-electron chi connectivity index (χ1n) is 2.15. The van der Waals surface area contributed by atoms with Gasteiger partial charge in [0, 0.05) is 0 Å². The maximum atomic E-state index is 7.99. The molecule has 1 aliphatic carbocycles. The molecule has 0 aromatic carbocycles. The van der Waals surface area contributed by atoms with E-state index in [0.717, 1.165) is 6.42 Å². The number of hydrogen-bond acceptors (Lipinski definition) is 2. The van der Waals surface area contributed by atoms with Crippen molar-refractivity contribution >= 4 is 5.84 Å². The first-order chi connectivity index (χ1) is 3.34. The summed E-state index contributed by atoms with van der Waals surface area (Å²) in [5.41, 5.74) is 5.15. The van der Waals surface area contributed by atoms with Crippen LogP contribution in [0.25, 0.3) is 0 Å². The van der Waals surface area contributed by atoms with Gasteiger partial charge in [-0.15, -0.1) is 0 Å². The summed E-state index contributed by atoms with van der Waals surface area (Å²) in [6, 6.07) is 0. The topological polar surface area (TPSA) is 58.6 Å². The predicted molar refractivity (Wildman–Crippen MR) is 25.8 cm³/mol. The highest BCUT2D eigenvalue weighted by molar-refractivity contribution is 5.86. The van der Waals surface area contributed by atoms with Crippen molar-refractivity contribution in [3.8, 4) is 0 Å². The van der Waals surface area contributed by atoms with Gasteiger partial charge in [-0.2, -0.15) is 0 Å². The second kappa shape index (κ2) is 1.33. The molecule has 1 atom stereocenters. The van der Waals surface area contributed by atoms with Crippen LogP contribution in [-0.4, -0.2) is 11.0 Å². The monoisotopic (exact) mass is 99.1 g/mol. The van der Waals surface area contributed by atoms with Gasteiger partial charge in [-0.25, -0.2) is 0 Å². The third kappa shape index (κ3) is 0.765. The molecule has 0 saturated heterocycles. The highest BCUT2D eigenvalue weighted by Gasteiger charge is 2.39. The van der Waals surface area contributed by atoms with E-state index in [0.29, 0.717) is 5.84 Å². The smallest absolute Gasteiger partial charge is 0.198 e. The summed E-state index contributed by atoms with van der Waals surface area (Å²) >= 11 is 0. The molecule has 0 radical (unpaired) electrons. The normalized spacial score (nSPS) is 29.1. The van der Waals surface area contributed by atoms with Crippen molar-refractivity contribution in [2.24, 2.45) is 16.8 Å². The lowest BCUT2D eigenvalue weighted by Crippen LogP contribution is -2.13. The van der Waals surface area contributed by atoms with E-state index in [1.54, 1.807) is 0 Å². The van der Waals surface area contributed by atoms with E-state index in [-0.39, 0.29) is 5.92 Å². The van der Waals surface area contributed by atoms with Crippen LogP contribution >= 0.6 is 0 Å². The van der Waals surface area contributed by atoms with Gasteiger partial charge in [0.2, 0.25) is 0 Å². The van der Waals surface area contributed by atoms with E-state index in [4.69, 9.17) is 10.9 Å². The van der Waals surface area contributed by atoms with Crippen LogP contribution in [0.1, 0.15) is 6.42 Å². The van der Waals surface area contributed by atoms with E-state index < -0.39 is 0 Å². The van der Waals surface area contributed by atoms with Gasteiger partial charge in [0.1, 0.15) is 6.42 Å². The molecule has 7 heavy (non-hydrogen) atoms. The lowest BCUT2D eigenvalue weighted by Gasteiger charge is -1.79. The van der Waals surface area contributed by atoms with Crippen molar-refractivity contribution in [3.05, 3.63) is 6.42 Å². The molecule has 0 spiro atoms. The highest BCUT2D eigenvalue weighted by atomic mass is 16.4. The van der Waals surface area contributed by atoms with Crippen LogP contribution in [0, 0.1) is 12.3 Å². The van der Waals surface area contributed by atoms with Gasteiger partial charge in [0.05, 0.1) is 6.42 Å². The Morgan fingerprint density at radius 1 is 2.00 bits per heavy atom. The molecule has 1 saturated carbocycles. The molecular formula is C4H7N2O+. The number of amidine groups is 1. The molecule has 38 valence electrons. The summed E-state index contributed by atoms with van der Waals surface area (Å²) in [7, 11) is 0. The van der Waals surface area contributed by atoms with Crippen molar-refractivity contribution in [1.29, 1.82) is 0 Å². The zero-order valence-electron chi connectivity index (χ0n) is 3.83. The van der Waals surface area contributed by atoms with Crippen molar-refractivity contribution in [3.63, 3.8) is 0 Å². The number of rotatable bonds is 1. The second-order valence-electron chi connectivity index (χ2n) is 1.60. The summed E-state index contributed by atoms with van der Waals surface area (Å²) < 4.78 is 0. The molecule has 0 heterocycles. The Hall–Kier alpha value is -0.860.